The standard InChI is InChI=1S/C13H22N2O4/c1-3-19-8-4-6-14-11(16)5-7-15-12(17)9-10(2)13(15)18/h10H,3-9H2,1-2H3,(H,14,16). The van der Waals surface area contributed by atoms with Gasteiger partial charge in [0.05, 0.1) is 0 Å². The molecule has 6 nitrogen and oxygen atoms in total. The SMILES string of the molecule is CCOCCCNC(=O)CCN1C(=O)CC(C)C1=O. The van der Waals surface area contributed by atoms with Gasteiger partial charge >= 0.3 is 0 Å². The van der Waals surface area contributed by atoms with Crippen LogP contribution < -0.4 is 5.32 Å². The van der Waals surface area contributed by atoms with Crippen LogP contribution in [-0.2, 0) is 19.1 Å². The lowest BCUT2D eigenvalue weighted by Gasteiger charge is -2.13. The molecule has 1 atom stereocenters. The van der Waals surface area contributed by atoms with Crippen molar-refractivity contribution in [1.82, 2.24) is 10.2 Å². The Labute approximate surface area is 113 Å². The Kier molecular flexibility index (Phi) is 6.49. The average molecular weight is 270 g/mol. The molecule has 0 aromatic rings. The lowest BCUT2D eigenvalue weighted by molar-refractivity contribution is -0.139. The average Bonchev–Trinajstić information content (AvgIpc) is 2.61. The van der Waals surface area contributed by atoms with Gasteiger partial charge < -0.3 is 10.1 Å². The Bertz CT molecular complexity index is 344. The topological polar surface area (TPSA) is 75.7 Å². The number of nitrogens with zero attached hydrogens (tertiary/aromatic N) is 1. The van der Waals surface area contributed by atoms with E-state index in [1.807, 2.05) is 6.92 Å². The maximum Gasteiger partial charge on any atom is 0.232 e. The lowest BCUT2D eigenvalue weighted by atomic mass is 10.1. The number of likely N-dealkylation sites (tertiary alicyclic amines) is 1. The summed E-state index contributed by atoms with van der Waals surface area (Å²) in [6, 6.07) is 0. The summed E-state index contributed by atoms with van der Waals surface area (Å²) in [4.78, 5) is 35.8. The number of carbonyl (C=O) groups is 3. The molecule has 0 saturated carbocycles. The maximum absolute atomic E-state index is 11.6. The zero-order valence-electron chi connectivity index (χ0n) is 11.6. The molecule has 0 spiro atoms. The van der Waals surface area contributed by atoms with E-state index >= 15 is 0 Å². The molecule has 0 aromatic carbocycles. The third-order valence-corrected chi connectivity index (χ3v) is 3.02. The molecule has 1 aliphatic heterocycles. The van der Waals surface area contributed by atoms with Gasteiger partial charge in [0.15, 0.2) is 0 Å². The maximum atomic E-state index is 11.6. The summed E-state index contributed by atoms with van der Waals surface area (Å²) >= 11 is 0. The van der Waals surface area contributed by atoms with Gasteiger partial charge in [0, 0.05) is 45.1 Å². The zero-order valence-corrected chi connectivity index (χ0v) is 11.6. The van der Waals surface area contributed by atoms with Crippen LogP contribution >= 0.6 is 0 Å². The minimum absolute atomic E-state index is 0.142. The van der Waals surface area contributed by atoms with E-state index in [0.717, 1.165) is 6.42 Å². The van der Waals surface area contributed by atoms with Gasteiger partial charge in [0.2, 0.25) is 17.7 Å². The highest BCUT2D eigenvalue weighted by atomic mass is 16.5. The minimum atomic E-state index is -0.248. The molecule has 1 fully saturated rings. The fourth-order valence-corrected chi connectivity index (χ4v) is 1.93. The van der Waals surface area contributed by atoms with E-state index in [0.29, 0.717) is 19.8 Å². The van der Waals surface area contributed by atoms with Crippen molar-refractivity contribution in [3.8, 4) is 0 Å². The third-order valence-electron chi connectivity index (χ3n) is 3.02. The van der Waals surface area contributed by atoms with Gasteiger partial charge in [0.25, 0.3) is 0 Å². The van der Waals surface area contributed by atoms with E-state index in [2.05, 4.69) is 5.32 Å². The lowest BCUT2D eigenvalue weighted by Crippen LogP contribution is -2.35. The van der Waals surface area contributed by atoms with Crippen LogP contribution in [0.15, 0.2) is 0 Å². The first-order valence-electron chi connectivity index (χ1n) is 6.75. The van der Waals surface area contributed by atoms with Crippen LogP contribution in [0.4, 0.5) is 0 Å². The quantitative estimate of drug-likeness (QED) is 0.509. The first-order chi connectivity index (χ1) is 9.06. The molecule has 0 aromatic heterocycles. The smallest absolute Gasteiger partial charge is 0.232 e. The molecule has 0 radical (unpaired) electrons. The second kappa shape index (κ2) is 7.89. The number of carbonyl (C=O) groups excluding carboxylic acids is 3. The molecule has 1 saturated heterocycles. The van der Waals surface area contributed by atoms with Crippen molar-refractivity contribution in [2.45, 2.75) is 33.1 Å². The van der Waals surface area contributed by atoms with Crippen molar-refractivity contribution in [2.75, 3.05) is 26.3 Å². The highest BCUT2D eigenvalue weighted by Crippen LogP contribution is 2.18. The highest BCUT2D eigenvalue weighted by molar-refractivity contribution is 6.03. The molecule has 1 rings (SSSR count). The molecular formula is C13H22N2O4. The number of rotatable bonds is 8. The summed E-state index contributed by atoms with van der Waals surface area (Å²) in [5.41, 5.74) is 0. The Balaban J connectivity index is 2.16. The fourth-order valence-electron chi connectivity index (χ4n) is 1.93. The van der Waals surface area contributed by atoms with Gasteiger partial charge in [-0.05, 0) is 13.3 Å². The molecule has 6 heteroatoms. The first kappa shape index (κ1) is 15.6. The summed E-state index contributed by atoms with van der Waals surface area (Å²) in [6.45, 7) is 5.68. The van der Waals surface area contributed by atoms with E-state index in [1.165, 1.54) is 4.90 Å². The second-order valence-electron chi connectivity index (χ2n) is 4.64. The second-order valence-corrected chi connectivity index (χ2v) is 4.64. The summed E-state index contributed by atoms with van der Waals surface area (Å²) in [5, 5.41) is 2.74. The molecule has 1 N–H and O–H groups in total. The number of nitrogens with one attached hydrogen (secondary N) is 1. The largest absolute Gasteiger partial charge is 0.382 e. The van der Waals surface area contributed by atoms with E-state index < -0.39 is 0 Å². The summed E-state index contributed by atoms with van der Waals surface area (Å²) < 4.78 is 5.15. The van der Waals surface area contributed by atoms with Crippen LogP contribution in [0.25, 0.3) is 0 Å². The van der Waals surface area contributed by atoms with Crippen molar-refractivity contribution in [3.63, 3.8) is 0 Å². The summed E-state index contributed by atoms with van der Waals surface area (Å²) in [5.74, 6) is -0.741. The molecule has 19 heavy (non-hydrogen) atoms. The fraction of sp³-hybridized carbons (Fsp3) is 0.769. The van der Waals surface area contributed by atoms with Gasteiger partial charge in [-0.2, -0.15) is 0 Å². The predicted octanol–water partition coefficient (Wildman–Crippen LogP) is 0.314. The van der Waals surface area contributed by atoms with Crippen molar-refractivity contribution in [3.05, 3.63) is 0 Å². The Morgan fingerprint density at radius 3 is 2.79 bits per heavy atom. The van der Waals surface area contributed by atoms with Gasteiger partial charge in [-0.1, -0.05) is 6.92 Å². The molecule has 1 unspecified atom stereocenters. The third kappa shape index (κ3) is 4.98. The van der Waals surface area contributed by atoms with E-state index in [9.17, 15) is 14.4 Å². The molecule has 0 bridgehead atoms. The number of ether oxygens (including phenoxy) is 1. The van der Waals surface area contributed by atoms with Crippen LogP contribution in [0.5, 0.6) is 0 Å². The summed E-state index contributed by atoms with van der Waals surface area (Å²) in [7, 11) is 0. The highest BCUT2D eigenvalue weighted by Gasteiger charge is 2.35. The van der Waals surface area contributed by atoms with Crippen LogP contribution in [0.3, 0.4) is 0 Å². The van der Waals surface area contributed by atoms with E-state index in [-0.39, 0.29) is 43.0 Å². The molecule has 0 aliphatic carbocycles. The molecular weight excluding hydrogens is 248 g/mol. The number of imide groups is 1. The molecule has 1 heterocycles. The van der Waals surface area contributed by atoms with E-state index in [1.54, 1.807) is 6.92 Å². The van der Waals surface area contributed by atoms with Gasteiger partial charge in [0.1, 0.15) is 0 Å². The first-order valence-corrected chi connectivity index (χ1v) is 6.75. The zero-order chi connectivity index (χ0) is 14.3. The van der Waals surface area contributed by atoms with Crippen LogP contribution in [0.2, 0.25) is 0 Å². The van der Waals surface area contributed by atoms with Gasteiger partial charge in [-0.3, -0.25) is 19.3 Å². The minimum Gasteiger partial charge on any atom is -0.382 e. The summed E-state index contributed by atoms with van der Waals surface area (Å²) in [6.07, 6.45) is 1.19. The Morgan fingerprint density at radius 2 is 2.21 bits per heavy atom. The Morgan fingerprint density at radius 1 is 1.47 bits per heavy atom. The molecule has 1 aliphatic rings. The molecule has 3 amide bonds. The van der Waals surface area contributed by atoms with Crippen molar-refractivity contribution < 1.29 is 19.1 Å². The van der Waals surface area contributed by atoms with Crippen molar-refractivity contribution >= 4 is 17.7 Å². The van der Waals surface area contributed by atoms with Gasteiger partial charge in [-0.25, -0.2) is 0 Å². The molecule has 108 valence electrons. The van der Waals surface area contributed by atoms with Crippen molar-refractivity contribution in [1.29, 1.82) is 0 Å². The predicted molar refractivity (Wildman–Crippen MR) is 69.2 cm³/mol. The van der Waals surface area contributed by atoms with Gasteiger partial charge in [-0.15, -0.1) is 0 Å². The number of amides is 3. The van der Waals surface area contributed by atoms with Crippen LogP contribution in [0, 0.1) is 5.92 Å². The normalized spacial score (nSPS) is 19.1. The number of hydrogen-bond donors (Lipinski definition) is 1. The Hall–Kier alpha value is -1.43. The monoisotopic (exact) mass is 270 g/mol. The van der Waals surface area contributed by atoms with Crippen molar-refractivity contribution in [2.24, 2.45) is 5.92 Å². The van der Waals surface area contributed by atoms with E-state index in [4.69, 9.17) is 4.74 Å². The van der Waals surface area contributed by atoms with Crippen LogP contribution in [-0.4, -0.2) is 48.9 Å². The number of hydrogen-bond acceptors (Lipinski definition) is 4. The van der Waals surface area contributed by atoms with Crippen LogP contribution in [0.1, 0.15) is 33.1 Å².